The molecule has 5 nitrogen and oxygen atoms in total. The number of hydrogen-bond donors (Lipinski definition) is 0. The van der Waals surface area contributed by atoms with Gasteiger partial charge in [0.05, 0.1) is 5.56 Å². The van der Waals surface area contributed by atoms with E-state index >= 15 is 0 Å². The monoisotopic (exact) mass is 545 g/mol. The minimum Gasteiger partial charge on any atom is -0.361 e. The fraction of sp³-hybridized carbons (Fsp3) is 0.270. The molecular formula is C37H31N5. The van der Waals surface area contributed by atoms with E-state index in [4.69, 9.17) is 21.5 Å². The lowest BCUT2D eigenvalue weighted by molar-refractivity contribution is -0.00518. The summed E-state index contributed by atoms with van der Waals surface area (Å²) in [5.41, 5.74) is 6.92. The number of hydrogen-bond acceptors (Lipinski definition) is 4. The number of nitrogens with zero attached hydrogens (tertiary/aromatic N) is 5. The first-order chi connectivity index (χ1) is 20.6. The number of benzene rings is 3. The van der Waals surface area contributed by atoms with Crippen molar-refractivity contribution in [3.63, 3.8) is 0 Å². The first kappa shape index (κ1) is 25.1. The lowest BCUT2D eigenvalue weighted by Crippen LogP contribution is -2.48. The first-order valence-electron chi connectivity index (χ1n) is 15.0. The van der Waals surface area contributed by atoms with Crippen LogP contribution in [0.5, 0.6) is 0 Å². The van der Waals surface area contributed by atoms with E-state index in [9.17, 15) is 0 Å². The highest BCUT2D eigenvalue weighted by Crippen LogP contribution is 2.60. The molecular weight excluding hydrogens is 514 g/mol. The van der Waals surface area contributed by atoms with Gasteiger partial charge in [0, 0.05) is 11.1 Å². The van der Waals surface area contributed by atoms with Crippen molar-refractivity contribution in [2.24, 2.45) is 17.8 Å². The van der Waals surface area contributed by atoms with Gasteiger partial charge >= 0.3 is 0 Å². The second-order valence-electron chi connectivity index (χ2n) is 12.5. The maximum absolute atomic E-state index is 7.23. The molecule has 9 rings (SSSR count). The molecule has 4 bridgehead atoms. The van der Waals surface area contributed by atoms with Crippen LogP contribution in [0.1, 0.15) is 44.1 Å². The molecule has 4 aliphatic rings. The fourth-order valence-electron chi connectivity index (χ4n) is 8.25. The second kappa shape index (κ2) is 9.99. The normalized spacial score (nSPS) is 23.9. The van der Waals surface area contributed by atoms with Crippen LogP contribution in [0.3, 0.4) is 0 Å². The molecule has 3 aromatic carbocycles. The molecule has 5 heteroatoms. The van der Waals surface area contributed by atoms with E-state index in [0.717, 1.165) is 40.0 Å². The van der Waals surface area contributed by atoms with Gasteiger partial charge in [0.25, 0.3) is 5.82 Å². The average Bonchev–Trinajstić information content (AvgIpc) is 3.04. The summed E-state index contributed by atoms with van der Waals surface area (Å²) in [5.74, 6) is 4.93. The zero-order chi connectivity index (χ0) is 28.1. The van der Waals surface area contributed by atoms with Crippen LogP contribution in [0.15, 0.2) is 97.2 Å². The second-order valence-corrected chi connectivity index (χ2v) is 12.5. The highest BCUT2D eigenvalue weighted by Gasteiger charge is 2.51. The van der Waals surface area contributed by atoms with Gasteiger partial charge in [-0.1, -0.05) is 85.4 Å². The highest BCUT2D eigenvalue weighted by atomic mass is 15.0. The third kappa shape index (κ3) is 4.48. The van der Waals surface area contributed by atoms with Crippen LogP contribution in [0.2, 0.25) is 0 Å². The molecule has 4 aliphatic carbocycles. The van der Waals surface area contributed by atoms with Crippen LogP contribution in [0.4, 0.5) is 5.82 Å². The summed E-state index contributed by atoms with van der Waals surface area (Å²) >= 11 is 0. The molecule has 0 atom stereocenters. The Morgan fingerprint density at radius 1 is 0.571 bits per heavy atom. The smallest absolute Gasteiger partial charge is 0.269 e. The lowest BCUT2D eigenvalue weighted by Gasteiger charge is -2.57. The van der Waals surface area contributed by atoms with Crippen molar-refractivity contribution >= 4 is 5.82 Å². The third-order valence-corrected chi connectivity index (χ3v) is 9.78. The lowest BCUT2D eigenvalue weighted by atomic mass is 9.48. The maximum Gasteiger partial charge on any atom is 0.269 e. The summed E-state index contributed by atoms with van der Waals surface area (Å²) in [6.45, 7) is 7.23. The Bertz CT molecular complexity index is 1770. The molecule has 4 fully saturated rings. The first-order valence-corrected chi connectivity index (χ1v) is 15.0. The van der Waals surface area contributed by atoms with E-state index in [0.29, 0.717) is 28.7 Å². The number of rotatable bonds is 5. The van der Waals surface area contributed by atoms with E-state index in [1.807, 2.05) is 36.4 Å². The zero-order valence-electron chi connectivity index (χ0n) is 23.4. The summed E-state index contributed by atoms with van der Waals surface area (Å²) in [7, 11) is 0. The van der Waals surface area contributed by atoms with E-state index in [2.05, 4.69) is 58.4 Å². The minimum atomic E-state index is 0.346. The Morgan fingerprint density at radius 2 is 1.14 bits per heavy atom. The molecule has 2 heterocycles. The van der Waals surface area contributed by atoms with Crippen LogP contribution in [0, 0.1) is 24.3 Å². The van der Waals surface area contributed by atoms with Gasteiger partial charge in [-0.25, -0.2) is 15.0 Å². The van der Waals surface area contributed by atoms with Crippen LogP contribution in [0.25, 0.3) is 50.1 Å². The van der Waals surface area contributed by atoms with E-state index in [1.165, 1.54) is 44.1 Å². The van der Waals surface area contributed by atoms with Crippen molar-refractivity contribution in [3.8, 4) is 45.3 Å². The quantitative estimate of drug-likeness (QED) is 0.207. The number of aromatic nitrogens is 4. The minimum absolute atomic E-state index is 0.346. The molecule has 0 amide bonds. The Labute approximate surface area is 246 Å². The van der Waals surface area contributed by atoms with E-state index in [1.54, 1.807) is 17.8 Å². The Balaban J connectivity index is 1.15. The molecule has 0 N–H and O–H groups in total. The summed E-state index contributed by atoms with van der Waals surface area (Å²) in [5, 5.41) is 0. The van der Waals surface area contributed by atoms with E-state index < -0.39 is 0 Å². The standard InChI is InChI=1S/C37H31N5/c1-38-33-15-12-31(23-39-33)36-41-34(28-6-3-2-4-7-28)40-35(42-36)30-9-5-8-29(19-30)27-10-13-32(14-11-27)37-20-24-16-25(21-37)18-26(17-24)22-37/h2-15,19,23-26H,16-18,20-22H2. The third-order valence-electron chi connectivity index (χ3n) is 9.78. The molecule has 0 aliphatic heterocycles. The Morgan fingerprint density at radius 3 is 1.76 bits per heavy atom. The van der Waals surface area contributed by atoms with Crippen molar-refractivity contribution in [1.82, 2.24) is 19.9 Å². The Kier molecular flexibility index (Phi) is 5.96. The van der Waals surface area contributed by atoms with Gasteiger partial charge in [-0.2, -0.15) is 0 Å². The topological polar surface area (TPSA) is 55.9 Å². The van der Waals surface area contributed by atoms with Crippen molar-refractivity contribution in [2.75, 3.05) is 0 Å². The van der Waals surface area contributed by atoms with Crippen LogP contribution >= 0.6 is 0 Å². The molecule has 0 unspecified atom stereocenters. The molecule has 2 aromatic heterocycles. The predicted octanol–water partition coefficient (Wildman–Crippen LogP) is 8.95. The van der Waals surface area contributed by atoms with Gasteiger partial charge in [-0.15, -0.1) is 4.98 Å². The van der Waals surface area contributed by atoms with Gasteiger partial charge in [-0.05, 0) is 90.5 Å². The molecule has 4 saturated carbocycles. The van der Waals surface area contributed by atoms with E-state index in [-0.39, 0.29) is 0 Å². The highest BCUT2D eigenvalue weighted by molar-refractivity contribution is 5.72. The Hall–Kier alpha value is -4.69. The maximum atomic E-state index is 7.23. The number of pyridine rings is 1. The predicted molar refractivity (Wildman–Crippen MR) is 165 cm³/mol. The van der Waals surface area contributed by atoms with Crippen molar-refractivity contribution in [3.05, 3.63) is 114 Å². The summed E-state index contributed by atoms with van der Waals surface area (Å²) in [6, 6.07) is 31.4. The average molecular weight is 546 g/mol. The van der Waals surface area contributed by atoms with Crippen molar-refractivity contribution < 1.29 is 0 Å². The van der Waals surface area contributed by atoms with Gasteiger partial charge in [0.1, 0.15) is 6.20 Å². The molecule has 0 spiro atoms. The van der Waals surface area contributed by atoms with Gasteiger partial charge in [-0.3, -0.25) is 0 Å². The molecule has 0 saturated heterocycles. The fourth-order valence-corrected chi connectivity index (χ4v) is 8.25. The molecule has 42 heavy (non-hydrogen) atoms. The van der Waals surface area contributed by atoms with Crippen LogP contribution in [-0.4, -0.2) is 19.9 Å². The largest absolute Gasteiger partial charge is 0.361 e. The van der Waals surface area contributed by atoms with Crippen LogP contribution < -0.4 is 0 Å². The van der Waals surface area contributed by atoms with Crippen molar-refractivity contribution in [2.45, 2.75) is 43.9 Å². The van der Waals surface area contributed by atoms with Gasteiger partial charge < -0.3 is 4.85 Å². The van der Waals surface area contributed by atoms with Gasteiger partial charge in [0.2, 0.25) is 0 Å². The summed E-state index contributed by atoms with van der Waals surface area (Å²) in [6.07, 6.45) is 10.2. The SMILES string of the molecule is [C-]#[N+]c1ccc(-c2nc(-c3ccccc3)nc(-c3cccc(-c4ccc(C56CC7CC(CC(C7)C5)C6)cc4)c3)n2)cn1. The summed E-state index contributed by atoms with van der Waals surface area (Å²) in [4.78, 5) is 22.2. The zero-order valence-corrected chi connectivity index (χ0v) is 23.4. The van der Waals surface area contributed by atoms with Gasteiger partial charge in [0.15, 0.2) is 17.5 Å². The van der Waals surface area contributed by atoms with Crippen LogP contribution in [-0.2, 0) is 5.41 Å². The summed E-state index contributed by atoms with van der Waals surface area (Å²) < 4.78 is 0. The van der Waals surface area contributed by atoms with Crippen molar-refractivity contribution in [1.29, 1.82) is 0 Å². The molecule has 0 radical (unpaired) electrons. The molecule has 5 aromatic rings. The molecule has 204 valence electrons.